The molecule has 8 heteroatoms. The number of methoxy groups -OCH3 is 1. The largest absolute Gasteiger partial charge is 0.497 e. The van der Waals surface area contributed by atoms with Crippen LogP contribution in [0.4, 0.5) is 5.69 Å². The zero-order valence-corrected chi connectivity index (χ0v) is 18.8. The molecule has 0 unspecified atom stereocenters. The van der Waals surface area contributed by atoms with E-state index in [1.807, 2.05) is 31.2 Å². The third-order valence-corrected chi connectivity index (χ3v) is 6.11. The van der Waals surface area contributed by atoms with Crippen LogP contribution in [0.5, 0.6) is 5.75 Å². The number of sulfonamides is 1. The Kier molecular flexibility index (Phi) is 7.54. The van der Waals surface area contributed by atoms with Crippen LogP contribution in [-0.2, 0) is 14.8 Å². The van der Waals surface area contributed by atoms with Crippen molar-refractivity contribution in [3.05, 3.63) is 58.6 Å². The highest BCUT2D eigenvalue weighted by molar-refractivity contribution is 7.92. The van der Waals surface area contributed by atoms with Gasteiger partial charge in [0.05, 0.1) is 25.1 Å². The molecule has 29 heavy (non-hydrogen) atoms. The summed E-state index contributed by atoms with van der Waals surface area (Å²) in [6, 6.07) is 11.1. The van der Waals surface area contributed by atoms with Crippen molar-refractivity contribution in [2.24, 2.45) is 0 Å². The van der Waals surface area contributed by atoms with Crippen molar-refractivity contribution < 1.29 is 17.9 Å². The van der Waals surface area contributed by atoms with Gasteiger partial charge in [0.15, 0.2) is 0 Å². The molecule has 1 N–H and O–H groups in total. The molecule has 6 nitrogen and oxygen atoms in total. The van der Waals surface area contributed by atoms with Crippen LogP contribution in [0.25, 0.3) is 0 Å². The third-order valence-electron chi connectivity index (χ3n) is 4.71. The lowest BCUT2D eigenvalue weighted by Crippen LogP contribution is -2.50. The normalized spacial score (nSPS) is 13.4. The first-order valence-corrected chi connectivity index (χ1v) is 11.5. The van der Waals surface area contributed by atoms with Gasteiger partial charge in [-0.2, -0.15) is 0 Å². The smallest absolute Gasteiger partial charge is 0.244 e. The van der Waals surface area contributed by atoms with E-state index in [4.69, 9.17) is 16.3 Å². The van der Waals surface area contributed by atoms with Crippen molar-refractivity contribution in [2.45, 2.75) is 39.3 Å². The second-order valence-electron chi connectivity index (χ2n) is 6.92. The number of hydrogen-bond acceptors (Lipinski definition) is 4. The van der Waals surface area contributed by atoms with E-state index in [1.165, 1.54) is 0 Å². The molecule has 0 radical (unpaired) electrons. The summed E-state index contributed by atoms with van der Waals surface area (Å²) < 4.78 is 31.5. The van der Waals surface area contributed by atoms with Gasteiger partial charge in [0.1, 0.15) is 11.8 Å². The van der Waals surface area contributed by atoms with E-state index in [2.05, 4.69) is 5.32 Å². The molecule has 1 amide bonds. The van der Waals surface area contributed by atoms with E-state index in [9.17, 15) is 13.2 Å². The topological polar surface area (TPSA) is 75.7 Å². The quantitative estimate of drug-likeness (QED) is 0.673. The number of rotatable bonds is 8. The lowest BCUT2D eigenvalue weighted by molar-refractivity contribution is -0.122. The first kappa shape index (κ1) is 23.0. The van der Waals surface area contributed by atoms with Gasteiger partial charge in [0.2, 0.25) is 15.9 Å². The molecule has 2 aromatic rings. The second-order valence-corrected chi connectivity index (χ2v) is 9.21. The molecule has 0 saturated carbocycles. The number of carbonyl (C=O) groups excluding carboxylic acids is 1. The maximum Gasteiger partial charge on any atom is 0.244 e. The average Bonchev–Trinajstić information content (AvgIpc) is 2.67. The van der Waals surface area contributed by atoms with Crippen LogP contribution in [-0.4, -0.2) is 33.7 Å². The van der Waals surface area contributed by atoms with E-state index in [0.29, 0.717) is 22.7 Å². The molecule has 0 spiro atoms. The summed E-state index contributed by atoms with van der Waals surface area (Å²) in [5, 5.41) is 3.33. The number of nitrogens with one attached hydrogen (secondary N) is 1. The molecule has 158 valence electrons. The Bertz CT molecular complexity index is 961. The standard InChI is InChI=1S/C21H27ClN2O4S/c1-6-19(21(25)23-15(3)16-8-11-18(28-4)12-9-16)24(29(5,26)27)20-13-17(22)10-7-14(20)2/h7-13,15,19H,6H2,1-5H3,(H,23,25)/t15-,19+/m1/s1. The molecule has 2 aromatic carbocycles. The number of hydrogen-bond donors (Lipinski definition) is 1. The molecular weight excluding hydrogens is 412 g/mol. The Balaban J connectivity index is 2.34. The van der Waals surface area contributed by atoms with Gasteiger partial charge in [-0.05, 0) is 55.7 Å². The van der Waals surface area contributed by atoms with Gasteiger partial charge in [-0.1, -0.05) is 36.7 Å². The number of ether oxygens (including phenoxy) is 1. The highest BCUT2D eigenvalue weighted by Crippen LogP contribution is 2.29. The van der Waals surface area contributed by atoms with E-state index in [0.717, 1.165) is 21.9 Å². The fourth-order valence-electron chi connectivity index (χ4n) is 3.14. The van der Waals surface area contributed by atoms with Gasteiger partial charge in [-0.15, -0.1) is 0 Å². The van der Waals surface area contributed by atoms with Gasteiger partial charge in [-0.25, -0.2) is 8.42 Å². The molecular formula is C21H27ClN2O4S. The number of benzene rings is 2. The van der Waals surface area contributed by atoms with Crippen LogP contribution >= 0.6 is 11.6 Å². The van der Waals surface area contributed by atoms with Crippen LogP contribution in [0.2, 0.25) is 5.02 Å². The predicted molar refractivity (Wildman–Crippen MR) is 117 cm³/mol. The molecule has 0 bridgehead atoms. The summed E-state index contributed by atoms with van der Waals surface area (Å²) in [6.45, 7) is 5.41. The van der Waals surface area contributed by atoms with Gasteiger partial charge < -0.3 is 10.1 Å². The Labute approximate surface area is 177 Å². The van der Waals surface area contributed by atoms with Gasteiger partial charge in [0, 0.05) is 5.02 Å². The summed E-state index contributed by atoms with van der Waals surface area (Å²) in [5.74, 6) is 0.346. The molecule has 2 atom stereocenters. The SMILES string of the molecule is CC[C@@H](C(=O)N[C@H](C)c1ccc(OC)cc1)N(c1cc(Cl)ccc1C)S(C)(=O)=O. The van der Waals surface area contributed by atoms with Gasteiger partial charge in [-0.3, -0.25) is 9.10 Å². The molecule has 0 fully saturated rings. The summed E-state index contributed by atoms with van der Waals surface area (Å²) in [4.78, 5) is 13.1. The second kappa shape index (κ2) is 9.50. The van der Waals surface area contributed by atoms with Crippen molar-refractivity contribution in [3.8, 4) is 5.75 Å². The minimum Gasteiger partial charge on any atom is -0.497 e. The Morgan fingerprint density at radius 3 is 2.34 bits per heavy atom. The molecule has 2 rings (SSSR count). The first-order chi connectivity index (χ1) is 13.6. The Morgan fingerprint density at radius 2 is 1.83 bits per heavy atom. The van der Waals surface area contributed by atoms with Gasteiger partial charge >= 0.3 is 0 Å². The Morgan fingerprint density at radius 1 is 1.21 bits per heavy atom. The first-order valence-electron chi connectivity index (χ1n) is 9.28. The summed E-state index contributed by atoms with van der Waals surface area (Å²) in [6.07, 6.45) is 1.40. The van der Waals surface area contributed by atoms with Crippen molar-refractivity contribution in [3.63, 3.8) is 0 Å². The van der Waals surface area contributed by atoms with Crippen LogP contribution < -0.4 is 14.4 Å². The Hall–Kier alpha value is -2.25. The van der Waals surface area contributed by atoms with Crippen molar-refractivity contribution in [1.29, 1.82) is 0 Å². The molecule has 0 saturated heterocycles. The van der Waals surface area contributed by atoms with Crippen LogP contribution in [0.15, 0.2) is 42.5 Å². The number of carbonyl (C=O) groups is 1. The highest BCUT2D eigenvalue weighted by atomic mass is 35.5. The van der Waals surface area contributed by atoms with Crippen LogP contribution in [0, 0.1) is 6.92 Å². The number of anilines is 1. The summed E-state index contributed by atoms with van der Waals surface area (Å²) >= 11 is 6.10. The van der Waals surface area contributed by atoms with E-state index in [-0.39, 0.29) is 11.9 Å². The number of amides is 1. The maximum absolute atomic E-state index is 13.1. The van der Waals surface area contributed by atoms with Gasteiger partial charge in [0.25, 0.3) is 0 Å². The van der Waals surface area contributed by atoms with E-state index in [1.54, 1.807) is 39.2 Å². The molecule has 0 heterocycles. The summed E-state index contributed by atoms with van der Waals surface area (Å²) in [7, 11) is -2.14. The van der Waals surface area contributed by atoms with E-state index >= 15 is 0 Å². The molecule has 0 aromatic heterocycles. The number of nitrogens with zero attached hydrogens (tertiary/aromatic N) is 1. The number of aryl methyl sites for hydroxylation is 1. The van der Waals surface area contributed by atoms with Crippen molar-refractivity contribution >= 4 is 33.2 Å². The fraction of sp³-hybridized carbons (Fsp3) is 0.381. The lowest BCUT2D eigenvalue weighted by Gasteiger charge is -2.32. The van der Waals surface area contributed by atoms with Crippen molar-refractivity contribution in [2.75, 3.05) is 17.7 Å². The average molecular weight is 439 g/mol. The monoisotopic (exact) mass is 438 g/mol. The minimum absolute atomic E-state index is 0.302. The fourth-order valence-corrected chi connectivity index (χ4v) is 4.57. The van der Waals surface area contributed by atoms with Crippen molar-refractivity contribution in [1.82, 2.24) is 5.32 Å². The molecule has 0 aliphatic rings. The van der Waals surface area contributed by atoms with Crippen LogP contribution in [0.3, 0.4) is 0 Å². The number of halogens is 1. The lowest BCUT2D eigenvalue weighted by atomic mass is 10.1. The highest BCUT2D eigenvalue weighted by Gasteiger charge is 2.33. The predicted octanol–water partition coefficient (Wildman–Crippen LogP) is 4.08. The van der Waals surface area contributed by atoms with Crippen LogP contribution in [0.1, 0.15) is 37.4 Å². The zero-order valence-electron chi connectivity index (χ0n) is 17.3. The maximum atomic E-state index is 13.1. The summed E-state index contributed by atoms with van der Waals surface area (Å²) in [5.41, 5.74) is 2.01. The minimum atomic E-state index is -3.73. The third kappa shape index (κ3) is 5.64. The molecule has 0 aliphatic heterocycles. The molecule has 0 aliphatic carbocycles. The van der Waals surface area contributed by atoms with E-state index < -0.39 is 16.1 Å². The zero-order chi connectivity index (χ0) is 21.8.